The van der Waals surface area contributed by atoms with E-state index in [9.17, 15) is 4.79 Å². The second-order valence-corrected chi connectivity index (χ2v) is 6.72. The number of alkyl halides is 3. The zero-order valence-electron chi connectivity index (χ0n) is 11.4. The Balaban J connectivity index is 2.52. The van der Waals surface area contributed by atoms with E-state index in [1.54, 1.807) is 0 Å². The van der Waals surface area contributed by atoms with Crippen LogP contribution in [0, 0.1) is 11.8 Å². The van der Waals surface area contributed by atoms with E-state index in [0.29, 0.717) is 18.3 Å². The van der Waals surface area contributed by atoms with Gasteiger partial charge in [0.25, 0.3) is 0 Å². The summed E-state index contributed by atoms with van der Waals surface area (Å²) in [5.74, 6) is 1.22. The minimum absolute atomic E-state index is 0.122. The lowest BCUT2D eigenvalue weighted by atomic mass is 9.99. The average Bonchev–Trinajstić information content (AvgIpc) is 2.60. The quantitative estimate of drug-likeness (QED) is 0.630. The van der Waals surface area contributed by atoms with Crippen LogP contribution in [0.4, 0.5) is 4.79 Å². The summed E-state index contributed by atoms with van der Waals surface area (Å²) >= 11 is 18.1. The highest BCUT2D eigenvalue weighted by Gasteiger charge is 2.34. The van der Waals surface area contributed by atoms with E-state index in [-0.39, 0.29) is 17.2 Å². The molecule has 1 amide bonds. The van der Waals surface area contributed by atoms with Crippen LogP contribution in [0.1, 0.15) is 20.8 Å². The molecule has 0 aromatic carbocycles. The topological polar surface area (TPSA) is 38.3 Å². The van der Waals surface area contributed by atoms with Gasteiger partial charge >= 0.3 is 6.09 Å². The number of carbonyl (C=O) groups is 1. The van der Waals surface area contributed by atoms with Crippen LogP contribution in [0.15, 0.2) is 11.6 Å². The van der Waals surface area contributed by atoms with Crippen LogP contribution in [0.3, 0.4) is 0 Å². The summed E-state index contributed by atoms with van der Waals surface area (Å²) in [5.41, 5.74) is 0.440. The fourth-order valence-electron chi connectivity index (χ4n) is 1.98. The van der Waals surface area contributed by atoms with Gasteiger partial charge in [-0.05, 0) is 32.3 Å². The molecular formula is C13H20Cl3NO2. The minimum Gasteiger partial charge on any atom is -0.444 e. The fourth-order valence-corrected chi connectivity index (χ4v) is 3.22. The molecule has 0 saturated carbocycles. The first-order valence-electron chi connectivity index (χ1n) is 6.22. The van der Waals surface area contributed by atoms with Gasteiger partial charge in [-0.2, -0.15) is 0 Å². The number of ether oxygens (including phenoxy) is 1. The van der Waals surface area contributed by atoms with E-state index < -0.39 is 11.7 Å². The van der Waals surface area contributed by atoms with Crippen LogP contribution in [0.2, 0.25) is 0 Å². The standard InChI is InChI=1S/C13H20Cl3NO2/c1-13(2,3)19-12(18)17-7-9-4-8(5-14)10(6-15)11(9)16/h4,8,10-11H,5-7H2,1-3H3,(H,17,18)/t8-,10-,11?/m1/s1. The summed E-state index contributed by atoms with van der Waals surface area (Å²) < 4.78 is 5.17. The molecule has 1 aliphatic carbocycles. The van der Waals surface area contributed by atoms with Gasteiger partial charge in [-0.3, -0.25) is 0 Å². The second-order valence-electron chi connectivity index (χ2n) is 5.64. The lowest BCUT2D eigenvalue weighted by Gasteiger charge is -2.21. The van der Waals surface area contributed by atoms with Gasteiger partial charge in [-0.25, -0.2) is 4.79 Å². The molecule has 0 heterocycles. The smallest absolute Gasteiger partial charge is 0.407 e. The van der Waals surface area contributed by atoms with Gasteiger partial charge in [0, 0.05) is 24.2 Å². The maximum Gasteiger partial charge on any atom is 0.407 e. The summed E-state index contributed by atoms with van der Waals surface area (Å²) in [6, 6.07) is 0. The molecule has 0 aromatic heterocycles. The lowest BCUT2D eigenvalue weighted by molar-refractivity contribution is 0.0532. The predicted octanol–water partition coefficient (Wildman–Crippen LogP) is 3.77. The van der Waals surface area contributed by atoms with Gasteiger partial charge in [-0.15, -0.1) is 34.8 Å². The Bertz CT molecular complexity index is 352. The van der Waals surface area contributed by atoms with Crippen LogP contribution in [0.5, 0.6) is 0 Å². The van der Waals surface area contributed by atoms with Crippen molar-refractivity contribution in [1.82, 2.24) is 5.32 Å². The van der Waals surface area contributed by atoms with Crippen molar-refractivity contribution in [3.63, 3.8) is 0 Å². The molecule has 110 valence electrons. The summed E-state index contributed by atoms with van der Waals surface area (Å²) in [6.45, 7) is 5.82. The molecule has 0 fully saturated rings. The number of carbonyl (C=O) groups excluding carboxylic acids is 1. The number of amides is 1. The van der Waals surface area contributed by atoms with Crippen LogP contribution >= 0.6 is 34.8 Å². The van der Waals surface area contributed by atoms with Crippen LogP contribution in [-0.2, 0) is 4.74 Å². The summed E-state index contributed by atoms with van der Waals surface area (Å²) in [4.78, 5) is 11.6. The van der Waals surface area contributed by atoms with E-state index >= 15 is 0 Å². The molecule has 19 heavy (non-hydrogen) atoms. The normalized spacial score (nSPS) is 27.1. The Hall–Kier alpha value is -0.120. The Morgan fingerprint density at radius 1 is 1.37 bits per heavy atom. The molecule has 0 aromatic rings. The average molecular weight is 329 g/mol. The van der Waals surface area contributed by atoms with Gasteiger partial charge in [0.15, 0.2) is 0 Å². The van der Waals surface area contributed by atoms with E-state index in [0.717, 1.165) is 5.57 Å². The third-order valence-corrected chi connectivity index (χ3v) is 4.22. The fraction of sp³-hybridized carbons (Fsp3) is 0.769. The van der Waals surface area contributed by atoms with Gasteiger partial charge in [-0.1, -0.05) is 6.08 Å². The molecule has 0 radical (unpaired) electrons. The molecule has 6 heteroatoms. The highest BCUT2D eigenvalue weighted by molar-refractivity contribution is 6.25. The van der Waals surface area contributed by atoms with Crippen molar-refractivity contribution in [1.29, 1.82) is 0 Å². The van der Waals surface area contributed by atoms with Crippen molar-refractivity contribution in [3.8, 4) is 0 Å². The van der Waals surface area contributed by atoms with E-state index in [1.807, 2.05) is 26.8 Å². The Kier molecular flexibility index (Phi) is 6.28. The first kappa shape index (κ1) is 16.9. The highest BCUT2D eigenvalue weighted by atomic mass is 35.5. The third-order valence-electron chi connectivity index (χ3n) is 2.90. The molecule has 0 bridgehead atoms. The van der Waals surface area contributed by atoms with Crippen molar-refractivity contribution in [2.24, 2.45) is 11.8 Å². The minimum atomic E-state index is -0.508. The number of halogens is 3. The number of hydrogen-bond donors (Lipinski definition) is 1. The Morgan fingerprint density at radius 2 is 2.00 bits per heavy atom. The second kappa shape index (κ2) is 7.05. The van der Waals surface area contributed by atoms with Crippen molar-refractivity contribution in [2.45, 2.75) is 31.7 Å². The molecule has 1 N–H and O–H groups in total. The van der Waals surface area contributed by atoms with Crippen molar-refractivity contribution < 1.29 is 9.53 Å². The molecule has 3 nitrogen and oxygen atoms in total. The maximum absolute atomic E-state index is 11.6. The Labute approximate surface area is 129 Å². The molecule has 0 saturated heterocycles. The Morgan fingerprint density at radius 3 is 2.42 bits per heavy atom. The molecular weight excluding hydrogens is 309 g/mol. The van der Waals surface area contributed by atoms with Gasteiger partial charge in [0.05, 0.1) is 5.38 Å². The van der Waals surface area contributed by atoms with Crippen molar-refractivity contribution in [3.05, 3.63) is 11.6 Å². The first-order valence-corrected chi connectivity index (χ1v) is 7.72. The summed E-state index contributed by atoms with van der Waals surface area (Å²) in [5, 5.41) is 2.52. The van der Waals surface area contributed by atoms with E-state index in [1.165, 1.54) is 0 Å². The van der Waals surface area contributed by atoms with Gasteiger partial charge in [0.2, 0.25) is 0 Å². The summed E-state index contributed by atoms with van der Waals surface area (Å²) in [6.07, 6.45) is 1.56. The number of rotatable bonds is 4. The van der Waals surface area contributed by atoms with Crippen LogP contribution in [-0.4, -0.2) is 35.4 Å². The molecule has 0 spiro atoms. The number of alkyl carbamates (subject to hydrolysis) is 1. The molecule has 1 rings (SSSR count). The molecule has 3 atom stereocenters. The first-order chi connectivity index (χ1) is 8.78. The van der Waals surface area contributed by atoms with Crippen LogP contribution < -0.4 is 5.32 Å². The number of hydrogen-bond acceptors (Lipinski definition) is 2. The van der Waals surface area contributed by atoms with E-state index in [4.69, 9.17) is 39.5 Å². The third kappa shape index (κ3) is 5.05. The monoisotopic (exact) mass is 327 g/mol. The zero-order valence-corrected chi connectivity index (χ0v) is 13.6. The molecule has 1 unspecified atom stereocenters. The van der Waals surface area contributed by atoms with Gasteiger partial charge < -0.3 is 10.1 Å². The van der Waals surface area contributed by atoms with E-state index in [2.05, 4.69) is 5.32 Å². The number of allylic oxidation sites excluding steroid dienone is 1. The van der Waals surface area contributed by atoms with Crippen LogP contribution in [0.25, 0.3) is 0 Å². The molecule has 0 aliphatic heterocycles. The summed E-state index contributed by atoms with van der Waals surface area (Å²) in [7, 11) is 0. The SMILES string of the molecule is CC(C)(C)OC(=O)NCC1=C[C@H](CCl)[C@@H](CCl)C1Cl. The lowest BCUT2D eigenvalue weighted by Crippen LogP contribution is -2.34. The predicted molar refractivity (Wildman–Crippen MR) is 80.4 cm³/mol. The highest BCUT2D eigenvalue weighted by Crippen LogP contribution is 2.36. The largest absolute Gasteiger partial charge is 0.444 e. The van der Waals surface area contributed by atoms with Crippen molar-refractivity contribution in [2.75, 3.05) is 18.3 Å². The maximum atomic E-state index is 11.6. The van der Waals surface area contributed by atoms with Crippen molar-refractivity contribution >= 4 is 40.9 Å². The van der Waals surface area contributed by atoms with Gasteiger partial charge in [0.1, 0.15) is 5.60 Å². The zero-order chi connectivity index (χ0) is 14.6. The molecule has 1 aliphatic rings. The number of nitrogens with one attached hydrogen (secondary N) is 1.